The molecule has 0 spiro atoms. The highest BCUT2D eigenvalue weighted by atomic mass is 16.1. The number of hydrogen-bond donors (Lipinski definition) is 1. The molecule has 0 fully saturated rings. The van der Waals surface area contributed by atoms with E-state index >= 15 is 0 Å². The first-order chi connectivity index (χ1) is 6.83. The molecular formula is C12H13NO. The molecule has 0 aliphatic heterocycles. The molecule has 1 aromatic carbocycles. The van der Waals surface area contributed by atoms with Gasteiger partial charge >= 0.3 is 0 Å². The standard InChI is InChI=1S/C12H13NO/c1-2-10-13-12(14)9-8-11-6-4-3-5-7-11/h2-9H,1,10H2,(H,13,14)/b9-8-. The summed E-state index contributed by atoms with van der Waals surface area (Å²) < 4.78 is 0. The van der Waals surface area contributed by atoms with E-state index in [0.29, 0.717) is 6.54 Å². The lowest BCUT2D eigenvalue weighted by molar-refractivity contribution is -0.116. The molecule has 0 aromatic heterocycles. The van der Waals surface area contributed by atoms with Gasteiger partial charge in [0.2, 0.25) is 5.91 Å². The molecular weight excluding hydrogens is 174 g/mol. The van der Waals surface area contributed by atoms with E-state index in [4.69, 9.17) is 0 Å². The average Bonchev–Trinajstić information content (AvgIpc) is 2.25. The van der Waals surface area contributed by atoms with E-state index < -0.39 is 0 Å². The lowest BCUT2D eigenvalue weighted by atomic mass is 10.2. The summed E-state index contributed by atoms with van der Waals surface area (Å²) in [6.07, 6.45) is 4.94. The largest absolute Gasteiger partial charge is 0.349 e. The van der Waals surface area contributed by atoms with Gasteiger partial charge in [-0.3, -0.25) is 4.79 Å². The summed E-state index contributed by atoms with van der Waals surface area (Å²) in [6, 6.07) is 9.69. The maximum Gasteiger partial charge on any atom is 0.244 e. The van der Waals surface area contributed by atoms with E-state index in [0.717, 1.165) is 5.56 Å². The fraction of sp³-hybridized carbons (Fsp3) is 0.0833. The third kappa shape index (κ3) is 3.72. The van der Waals surface area contributed by atoms with Crippen LogP contribution in [0.15, 0.2) is 49.1 Å². The minimum Gasteiger partial charge on any atom is -0.349 e. The lowest BCUT2D eigenvalue weighted by Crippen LogP contribution is -2.20. The second-order valence-corrected chi connectivity index (χ2v) is 2.78. The highest BCUT2D eigenvalue weighted by molar-refractivity contribution is 5.91. The first kappa shape index (κ1) is 10.3. The smallest absolute Gasteiger partial charge is 0.244 e. The van der Waals surface area contributed by atoms with Gasteiger partial charge in [0.15, 0.2) is 0 Å². The van der Waals surface area contributed by atoms with Crippen LogP contribution in [0.1, 0.15) is 5.56 Å². The van der Waals surface area contributed by atoms with Crippen molar-refractivity contribution in [3.05, 3.63) is 54.6 Å². The molecule has 0 saturated heterocycles. The minimum absolute atomic E-state index is 0.103. The van der Waals surface area contributed by atoms with E-state index in [1.807, 2.05) is 30.3 Å². The van der Waals surface area contributed by atoms with Gasteiger partial charge in [-0.1, -0.05) is 36.4 Å². The molecule has 1 aromatic rings. The van der Waals surface area contributed by atoms with E-state index in [-0.39, 0.29) is 5.91 Å². The van der Waals surface area contributed by atoms with Crippen LogP contribution in [0.2, 0.25) is 0 Å². The Morgan fingerprint density at radius 3 is 2.71 bits per heavy atom. The Morgan fingerprint density at radius 1 is 1.36 bits per heavy atom. The van der Waals surface area contributed by atoms with Gasteiger partial charge in [-0.05, 0) is 11.6 Å². The van der Waals surface area contributed by atoms with Crippen molar-refractivity contribution < 1.29 is 4.79 Å². The average molecular weight is 187 g/mol. The Hall–Kier alpha value is -1.83. The SMILES string of the molecule is C=CCNC(=O)/C=C\c1ccccc1. The first-order valence-corrected chi connectivity index (χ1v) is 4.45. The van der Waals surface area contributed by atoms with Crippen molar-refractivity contribution in [1.29, 1.82) is 0 Å². The number of nitrogens with one attached hydrogen (secondary N) is 1. The monoisotopic (exact) mass is 187 g/mol. The van der Waals surface area contributed by atoms with Crippen molar-refractivity contribution in [2.24, 2.45) is 0 Å². The number of rotatable bonds is 4. The Morgan fingerprint density at radius 2 is 2.07 bits per heavy atom. The van der Waals surface area contributed by atoms with E-state index in [1.165, 1.54) is 6.08 Å². The topological polar surface area (TPSA) is 29.1 Å². The van der Waals surface area contributed by atoms with Gasteiger partial charge in [0.25, 0.3) is 0 Å². The van der Waals surface area contributed by atoms with Gasteiger partial charge in [-0.25, -0.2) is 0 Å². The molecule has 1 amide bonds. The normalized spacial score (nSPS) is 10.0. The van der Waals surface area contributed by atoms with Crippen LogP contribution in [-0.4, -0.2) is 12.5 Å². The van der Waals surface area contributed by atoms with Crippen LogP contribution in [-0.2, 0) is 4.79 Å². The zero-order chi connectivity index (χ0) is 10.2. The number of hydrogen-bond acceptors (Lipinski definition) is 1. The maximum atomic E-state index is 11.1. The molecule has 0 atom stereocenters. The zero-order valence-corrected chi connectivity index (χ0v) is 7.94. The molecule has 0 heterocycles. The number of benzene rings is 1. The van der Waals surface area contributed by atoms with E-state index in [2.05, 4.69) is 11.9 Å². The van der Waals surface area contributed by atoms with Gasteiger partial charge in [0.05, 0.1) is 0 Å². The molecule has 2 nitrogen and oxygen atoms in total. The molecule has 0 unspecified atom stereocenters. The summed E-state index contributed by atoms with van der Waals surface area (Å²) >= 11 is 0. The summed E-state index contributed by atoms with van der Waals surface area (Å²) in [7, 11) is 0. The van der Waals surface area contributed by atoms with Gasteiger partial charge in [0, 0.05) is 12.6 Å². The summed E-state index contributed by atoms with van der Waals surface area (Å²) in [5.74, 6) is -0.103. The van der Waals surface area contributed by atoms with Crippen LogP contribution in [0.5, 0.6) is 0 Å². The number of amides is 1. The molecule has 0 radical (unpaired) electrons. The molecule has 0 aliphatic rings. The van der Waals surface area contributed by atoms with Crippen LogP contribution in [0, 0.1) is 0 Å². The number of carbonyl (C=O) groups excluding carboxylic acids is 1. The minimum atomic E-state index is -0.103. The van der Waals surface area contributed by atoms with Crippen LogP contribution in [0.3, 0.4) is 0 Å². The van der Waals surface area contributed by atoms with E-state index in [1.54, 1.807) is 12.2 Å². The summed E-state index contributed by atoms with van der Waals surface area (Å²) in [5, 5.41) is 2.66. The van der Waals surface area contributed by atoms with Crippen LogP contribution < -0.4 is 5.32 Å². The number of carbonyl (C=O) groups is 1. The van der Waals surface area contributed by atoms with Crippen molar-refractivity contribution in [2.45, 2.75) is 0 Å². The molecule has 0 aliphatic carbocycles. The Labute approximate surface area is 84.0 Å². The predicted molar refractivity (Wildman–Crippen MR) is 58.7 cm³/mol. The molecule has 14 heavy (non-hydrogen) atoms. The predicted octanol–water partition coefficient (Wildman–Crippen LogP) is 2.00. The Balaban J connectivity index is 2.48. The zero-order valence-electron chi connectivity index (χ0n) is 7.94. The highest BCUT2D eigenvalue weighted by Crippen LogP contribution is 2.00. The fourth-order valence-corrected chi connectivity index (χ4v) is 0.968. The molecule has 1 N–H and O–H groups in total. The molecule has 1 rings (SSSR count). The van der Waals surface area contributed by atoms with Crippen LogP contribution in [0.4, 0.5) is 0 Å². The molecule has 0 saturated carbocycles. The van der Waals surface area contributed by atoms with Gasteiger partial charge in [-0.2, -0.15) is 0 Å². The third-order valence-electron chi connectivity index (χ3n) is 1.65. The molecule has 72 valence electrons. The van der Waals surface area contributed by atoms with Gasteiger partial charge < -0.3 is 5.32 Å². The summed E-state index contributed by atoms with van der Waals surface area (Å²) in [5.41, 5.74) is 1.02. The van der Waals surface area contributed by atoms with Crippen molar-refractivity contribution in [3.63, 3.8) is 0 Å². The first-order valence-electron chi connectivity index (χ1n) is 4.45. The van der Waals surface area contributed by atoms with Crippen LogP contribution in [0.25, 0.3) is 6.08 Å². The second-order valence-electron chi connectivity index (χ2n) is 2.78. The summed E-state index contributed by atoms with van der Waals surface area (Å²) in [4.78, 5) is 11.1. The van der Waals surface area contributed by atoms with E-state index in [9.17, 15) is 4.79 Å². The van der Waals surface area contributed by atoms with Gasteiger partial charge in [-0.15, -0.1) is 6.58 Å². The quantitative estimate of drug-likeness (QED) is 0.567. The van der Waals surface area contributed by atoms with Crippen LogP contribution >= 0.6 is 0 Å². The Bertz CT molecular complexity index is 327. The Kier molecular flexibility index (Phi) is 4.21. The summed E-state index contributed by atoms with van der Waals surface area (Å²) in [6.45, 7) is 4.01. The van der Waals surface area contributed by atoms with Crippen molar-refractivity contribution in [1.82, 2.24) is 5.32 Å². The third-order valence-corrected chi connectivity index (χ3v) is 1.65. The van der Waals surface area contributed by atoms with Crippen molar-refractivity contribution in [3.8, 4) is 0 Å². The highest BCUT2D eigenvalue weighted by Gasteiger charge is 1.90. The lowest BCUT2D eigenvalue weighted by Gasteiger charge is -1.95. The molecule has 0 bridgehead atoms. The second kappa shape index (κ2) is 5.75. The van der Waals surface area contributed by atoms with Crippen molar-refractivity contribution >= 4 is 12.0 Å². The fourth-order valence-electron chi connectivity index (χ4n) is 0.968. The van der Waals surface area contributed by atoms with Gasteiger partial charge in [0.1, 0.15) is 0 Å². The van der Waals surface area contributed by atoms with Crippen molar-refractivity contribution in [2.75, 3.05) is 6.54 Å². The molecule has 2 heteroatoms. The maximum absolute atomic E-state index is 11.1.